The van der Waals surface area contributed by atoms with Crippen LogP contribution >= 0.6 is 11.6 Å². The fourth-order valence-corrected chi connectivity index (χ4v) is 4.36. The van der Waals surface area contributed by atoms with Gasteiger partial charge in [-0.25, -0.2) is 0 Å². The van der Waals surface area contributed by atoms with Crippen molar-refractivity contribution in [3.63, 3.8) is 0 Å². The largest absolute Gasteiger partial charge is 0.493 e. The minimum absolute atomic E-state index is 0.0296. The number of nitrogens with zero attached hydrogens (tertiary/aromatic N) is 1. The molecule has 2 N–H and O–H groups in total. The topological polar surface area (TPSA) is 94.6 Å². The van der Waals surface area contributed by atoms with Crippen molar-refractivity contribution in [1.29, 1.82) is 5.26 Å². The number of rotatable bonds is 4. The third-order valence-corrected chi connectivity index (χ3v) is 6.00. The van der Waals surface area contributed by atoms with E-state index in [0.29, 0.717) is 40.7 Å². The monoisotopic (exact) mass is 436 g/mol. The average Bonchev–Trinajstić information content (AvgIpc) is 2.78. The molecule has 1 heterocycles. The molecule has 0 radical (unpaired) electrons. The molecule has 1 aliphatic carbocycles. The Hall–Kier alpha value is -3.43. The molecule has 0 spiro atoms. The van der Waals surface area contributed by atoms with Crippen LogP contribution in [0.15, 0.2) is 65.3 Å². The van der Waals surface area contributed by atoms with Crippen molar-refractivity contribution in [3.8, 4) is 17.6 Å². The maximum atomic E-state index is 13.3. The molecule has 7 heteroatoms. The van der Waals surface area contributed by atoms with Crippen molar-refractivity contribution in [1.82, 2.24) is 0 Å². The maximum Gasteiger partial charge on any atom is 0.205 e. The predicted molar refractivity (Wildman–Crippen MR) is 116 cm³/mol. The lowest BCUT2D eigenvalue weighted by atomic mass is 9.73. The molecule has 2 aromatic rings. The number of benzene rings is 2. The van der Waals surface area contributed by atoms with E-state index in [9.17, 15) is 10.1 Å². The predicted octanol–water partition coefficient (Wildman–Crippen LogP) is 4.57. The van der Waals surface area contributed by atoms with Gasteiger partial charge in [-0.05, 0) is 41.3 Å². The highest BCUT2D eigenvalue weighted by Crippen LogP contribution is 2.47. The fourth-order valence-electron chi connectivity index (χ4n) is 4.24. The Morgan fingerprint density at radius 1 is 1.06 bits per heavy atom. The lowest BCUT2D eigenvalue weighted by Crippen LogP contribution is -2.29. The Labute approximate surface area is 185 Å². The number of ether oxygens (including phenoxy) is 3. The van der Waals surface area contributed by atoms with Gasteiger partial charge in [0.1, 0.15) is 17.4 Å². The van der Waals surface area contributed by atoms with Crippen molar-refractivity contribution in [3.05, 3.63) is 81.4 Å². The quantitative estimate of drug-likeness (QED) is 0.754. The number of Topliss-reactive ketones (excluding diaryl/α,β-unsaturated/α-hetero) is 1. The summed E-state index contributed by atoms with van der Waals surface area (Å²) in [6, 6.07) is 14.8. The number of carbonyl (C=O) groups is 1. The van der Waals surface area contributed by atoms with Crippen molar-refractivity contribution in [2.24, 2.45) is 5.73 Å². The van der Waals surface area contributed by atoms with Gasteiger partial charge in [0.25, 0.3) is 0 Å². The molecule has 2 aliphatic rings. The molecule has 31 heavy (non-hydrogen) atoms. The molecule has 2 unspecified atom stereocenters. The lowest BCUT2D eigenvalue weighted by molar-refractivity contribution is -0.117. The van der Waals surface area contributed by atoms with Crippen LogP contribution in [0, 0.1) is 11.3 Å². The second-order valence-corrected chi connectivity index (χ2v) is 7.89. The molecular formula is C24H21ClN2O4. The summed E-state index contributed by atoms with van der Waals surface area (Å²) < 4.78 is 16.5. The smallest absolute Gasteiger partial charge is 0.205 e. The summed E-state index contributed by atoms with van der Waals surface area (Å²) in [5.74, 6) is 1.02. The first kappa shape index (κ1) is 20.8. The van der Waals surface area contributed by atoms with Gasteiger partial charge in [0.2, 0.25) is 5.88 Å². The molecule has 0 aromatic heterocycles. The first-order valence-corrected chi connectivity index (χ1v) is 10.2. The van der Waals surface area contributed by atoms with E-state index in [2.05, 4.69) is 6.07 Å². The summed E-state index contributed by atoms with van der Waals surface area (Å²) in [4.78, 5) is 13.3. The van der Waals surface area contributed by atoms with Crippen LogP contribution < -0.4 is 15.2 Å². The Bertz CT molecular complexity index is 1150. The zero-order valence-electron chi connectivity index (χ0n) is 17.1. The number of allylic oxidation sites excluding steroid dienone is 3. The Morgan fingerprint density at radius 2 is 1.74 bits per heavy atom. The van der Waals surface area contributed by atoms with Gasteiger partial charge in [0, 0.05) is 23.4 Å². The summed E-state index contributed by atoms with van der Waals surface area (Å²) in [5.41, 5.74) is 8.54. The van der Waals surface area contributed by atoms with Gasteiger partial charge < -0.3 is 19.9 Å². The number of halogens is 1. The van der Waals surface area contributed by atoms with Crippen LogP contribution in [0.4, 0.5) is 0 Å². The highest BCUT2D eigenvalue weighted by molar-refractivity contribution is 6.30. The fraction of sp³-hybridized carbons (Fsp3) is 0.250. The number of nitriles is 1. The van der Waals surface area contributed by atoms with Gasteiger partial charge in [-0.3, -0.25) is 4.79 Å². The van der Waals surface area contributed by atoms with Crippen LogP contribution in [-0.4, -0.2) is 20.0 Å². The van der Waals surface area contributed by atoms with Gasteiger partial charge in [-0.15, -0.1) is 0 Å². The van der Waals surface area contributed by atoms with E-state index in [1.54, 1.807) is 38.5 Å². The number of methoxy groups -OCH3 is 2. The van der Waals surface area contributed by atoms with Crippen LogP contribution in [0.1, 0.15) is 35.8 Å². The van der Waals surface area contributed by atoms with Crippen LogP contribution in [-0.2, 0) is 9.53 Å². The minimum Gasteiger partial charge on any atom is -0.493 e. The summed E-state index contributed by atoms with van der Waals surface area (Å²) in [5, 5.41) is 10.3. The Morgan fingerprint density at radius 3 is 2.39 bits per heavy atom. The molecule has 2 aromatic carbocycles. The van der Waals surface area contributed by atoms with Gasteiger partial charge in [0.05, 0.1) is 20.1 Å². The van der Waals surface area contributed by atoms with Gasteiger partial charge in [-0.2, -0.15) is 5.26 Å². The first-order chi connectivity index (χ1) is 15.0. The number of ketones is 1. The molecule has 158 valence electrons. The van der Waals surface area contributed by atoms with E-state index in [1.165, 1.54) is 0 Å². The molecular weight excluding hydrogens is 416 g/mol. The summed E-state index contributed by atoms with van der Waals surface area (Å²) >= 11 is 6.02. The van der Waals surface area contributed by atoms with Crippen LogP contribution in [0.5, 0.6) is 11.5 Å². The molecule has 6 nitrogen and oxygen atoms in total. The molecule has 0 bridgehead atoms. The van der Waals surface area contributed by atoms with E-state index in [4.69, 9.17) is 31.5 Å². The van der Waals surface area contributed by atoms with E-state index >= 15 is 0 Å². The van der Waals surface area contributed by atoms with Gasteiger partial charge in [0.15, 0.2) is 17.3 Å². The second kappa shape index (κ2) is 8.37. The van der Waals surface area contributed by atoms with E-state index < -0.39 is 5.92 Å². The summed E-state index contributed by atoms with van der Waals surface area (Å²) in [6.07, 6.45) is 0.778. The Kier molecular flexibility index (Phi) is 5.62. The second-order valence-electron chi connectivity index (χ2n) is 7.46. The van der Waals surface area contributed by atoms with E-state index in [-0.39, 0.29) is 23.2 Å². The van der Waals surface area contributed by atoms with Crippen molar-refractivity contribution >= 4 is 17.4 Å². The summed E-state index contributed by atoms with van der Waals surface area (Å²) in [7, 11) is 3.15. The van der Waals surface area contributed by atoms with E-state index in [1.807, 2.05) is 18.2 Å². The minimum atomic E-state index is -0.565. The molecule has 4 rings (SSSR count). The number of carbonyl (C=O) groups excluding carboxylic acids is 1. The molecule has 0 saturated carbocycles. The van der Waals surface area contributed by atoms with Gasteiger partial charge >= 0.3 is 0 Å². The normalized spacial score (nSPS) is 20.6. The van der Waals surface area contributed by atoms with Crippen LogP contribution in [0.25, 0.3) is 0 Å². The van der Waals surface area contributed by atoms with Crippen LogP contribution in [0.2, 0.25) is 5.02 Å². The van der Waals surface area contributed by atoms with E-state index in [0.717, 1.165) is 11.1 Å². The molecule has 0 saturated heterocycles. The standard InChI is InChI=1S/C24H21ClN2O4/c1-29-19-8-5-14(10-20(19)30-2)15-9-18(28)23-21(11-15)31-24(27)17(12-26)22(23)13-3-6-16(25)7-4-13/h3-8,10,15,22H,9,11,27H2,1-2H3. The zero-order valence-corrected chi connectivity index (χ0v) is 17.9. The van der Waals surface area contributed by atoms with Crippen molar-refractivity contribution in [2.45, 2.75) is 24.7 Å². The van der Waals surface area contributed by atoms with Crippen LogP contribution in [0.3, 0.4) is 0 Å². The molecule has 0 fully saturated rings. The van der Waals surface area contributed by atoms with Crippen molar-refractivity contribution < 1.29 is 19.0 Å². The average molecular weight is 437 g/mol. The maximum absolute atomic E-state index is 13.3. The number of hydrogen-bond donors (Lipinski definition) is 1. The third kappa shape index (κ3) is 3.73. The Balaban J connectivity index is 1.75. The highest BCUT2D eigenvalue weighted by atomic mass is 35.5. The number of nitrogens with two attached hydrogens (primary N) is 1. The molecule has 2 atom stereocenters. The number of hydrogen-bond acceptors (Lipinski definition) is 6. The lowest BCUT2D eigenvalue weighted by Gasteiger charge is -2.34. The highest BCUT2D eigenvalue weighted by Gasteiger charge is 2.41. The molecule has 1 aliphatic heterocycles. The SMILES string of the molecule is COc1ccc(C2CC(=O)C3=C(C2)OC(N)=C(C#N)C3c2ccc(Cl)cc2)cc1OC. The van der Waals surface area contributed by atoms with Gasteiger partial charge in [-0.1, -0.05) is 29.8 Å². The third-order valence-electron chi connectivity index (χ3n) is 5.74. The first-order valence-electron chi connectivity index (χ1n) is 9.78. The summed E-state index contributed by atoms with van der Waals surface area (Å²) in [6.45, 7) is 0. The van der Waals surface area contributed by atoms with Crippen molar-refractivity contribution in [2.75, 3.05) is 14.2 Å². The molecule has 0 amide bonds. The zero-order chi connectivity index (χ0) is 22.1.